The molecule has 1 unspecified atom stereocenters. The molecule has 1 aromatic carbocycles. The fraction of sp³-hybridized carbons (Fsp3) is 0.182. The fourth-order valence-corrected chi connectivity index (χ4v) is 2.78. The molecule has 0 fully saturated rings. The molecule has 0 aliphatic carbocycles. The molecular weight excluding hydrogens is 258 g/mol. The summed E-state index contributed by atoms with van der Waals surface area (Å²) in [6.07, 6.45) is 2.81. The molecule has 72 valence electrons. The Morgan fingerprint density at radius 1 is 1.29 bits per heavy atom. The zero-order valence-electron chi connectivity index (χ0n) is 7.56. The number of hydrogen-bond donors (Lipinski definition) is 0. The Bertz CT molecular complexity index is 371. The van der Waals surface area contributed by atoms with E-state index < -0.39 is 0 Å². The maximum atomic E-state index is 4.27. The molecular formula is C11H10BrNS. The Kier molecular flexibility index (Phi) is 3.32. The molecule has 0 aliphatic heterocycles. The summed E-state index contributed by atoms with van der Waals surface area (Å²) >= 11 is 5.38. The Hall–Kier alpha value is -0.670. The molecule has 1 nitrogen and oxygen atoms in total. The quantitative estimate of drug-likeness (QED) is 0.771. The minimum absolute atomic E-state index is 0.370. The summed E-state index contributed by atoms with van der Waals surface area (Å²) in [5.41, 5.74) is 1.31. The van der Waals surface area contributed by atoms with Gasteiger partial charge in [-0.1, -0.05) is 46.3 Å². The molecule has 0 spiro atoms. The molecule has 1 atom stereocenters. The van der Waals surface area contributed by atoms with Gasteiger partial charge in [-0.05, 0) is 5.56 Å². The van der Waals surface area contributed by atoms with Gasteiger partial charge in [0.15, 0.2) is 0 Å². The summed E-state index contributed by atoms with van der Waals surface area (Å²) in [4.78, 5) is 4.64. The Balaban J connectivity index is 2.07. The Labute approximate surface area is 95.9 Å². The van der Waals surface area contributed by atoms with Crippen molar-refractivity contribution >= 4 is 27.3 Å². The molecule has 0 bridgehead atoms. The van der Waals surface area contributed by atoms with E-state index in [1.807, 2.05) is 17.6 Å². The highest BCUT2D eigenvalue weighted by Gasteiger charge is 2.08. The first-order chi connectivity index (χ1) is 6.86. The number of aromatic nitrogens is 1. The molecule has 1 aromatic heterocycles. The van der Waals surface area contributed by atoms with Crippen molar-refractivity contribution in [1.29, 1.82) is 0 Å². The van der Waals surface area contributed by atoms with Crippen molar-refractivity contribution in [3.05, 3.63) is 52.5 Å². The maximum Gasteiger partial charge on any atom is 0.0939 e. The topological polar surface area (TPSA) is 12.9 Å². The van der Waals surface area contributed by atoms with Crippen LogP contribution in [0.4, 0.5) is 0 Å². The summed E-state index contributed by atoms with van der Waals surface area (Å²) in [6.45, 7) is 0. The second-order valence-corrected chi connectivity index (χ2v) is 5.09. The SMILES string of the molecule is BrC(Cc1nccs1)c1ccccc1. The highest BCUT2D eigenvalue weighted by molar-refractivity contribution is 9.09. The number of thiazole rings is 1. The summed E-state index contributed by atoms with van der Waals surface area (Å²) in [6, 6.07) is 10.4. The lowest BCUT2D eigenvalue weighted by molar-refractivity contribution is 0.934. The van der Waals surface area contributed by atoms with Crippen LogP contribution in [0.25, 0.3) is 0 Å². The van der Waals surface area contributed by atoms with Crippen LogP contribution in [0.1, 0.15) is 15.4 Å². The van der Waals surface area contributed by atoms with Gasteiger partial charge in [0, 0.05) is 22.8 Å². The molecule has 1 heterocycles. The van der Waals surface area contributed by atoms with Gasteiger partial charge in [0.25, 0.3) is 0 Å². The van der Waals surface area contributed by atoms with E-state index in [0.717, 1.165) is 6.42 Å². The monoisotopic (exact) mass is 267 g/mol. The molecule has 0 aliphatic rings. The first-order valence-corrected chi connectivity index (χ1v) is 6.23. The lowest BCUT2D eigenvalue weighted by Gasteiger charge is -2.07. The van der Waals surface area contributed by atoms with Gasteiger partial charge in [-0.25, -0.2) is 4.98 Å². The lowest BCUT2D eigenvalue weighted by Crippen LogP contribution is -1.93. The minimum atomic E-state index is 0.370. The van der Waals surface area contributed by atoms with Crippen LogP contribution < -0.4 is 0 Å². The first kappa shape index (κ1) is 9.87. The molecule has 3 heteroatoms. The second kappa shape index (κ2) is 4.71. The van der Waals surface area contributed by atoms with Gasteiger partial charge in [0.2, 0.25) is 0 Å². The predicted octanol–water partition coefficient (Wildman–Crippen LogP) is 3.82. The number of hydrogen-bond acceptors (Lipinski definition) is 2. The third-order valence-electron chi connectivity index (χ3n) is 2.00. The summed E-state index contributed by atoms with van der Waals surface area (Å²) in [5, 5.41) is 3.19. The highest BCUT2D eigenvalue weighted by Crippen LogP contribution is 2.27. The molecule has 14 heavy (non-hydrogen) atoms. The molecule has 0 saturated carbocycles. The highest BCUT2D eigenvalue weighted by atomic mass is 79.9. The zero-order chi connectivity index (χ0) is 9.80. The zero-order valence-corrected chi connectivity index (χ0v) is 9.96. The number of halogens is 1. The van der Waals surface area contributed by atoms with E-state index in [0.29, 0.717) is 4.83 Å². The number of alkyl halides is 1. The van der Waals surface area contributed by atoms with E-state index in [2.05, 4.69) is 45.2 Å². The van der Waals surface area contributed by atoms with E-state index in [1.54, 1.807) is 11.3 Å². The van der Waals surface area contributed by atoms with Crippen molar-refractivity contribution in [2.75, 3.05) is 0 Å². The molecule has 0 saturated heterocycles. The molecule has 2 rings (SSSR count). The van der Waals surface area contributed by atoms with Crippen LogP contribution in [0.3, 0.4) is 0 Å². The van der Waals surface area contributed by atoms with Gasteiger partial charge in [0.05, 0.1) is 5.01 Å². The normalized spacial score (nSPS) is 12.6. The summed E-state index contributed by atoms with van der Waals surface area (Å²) in [7, 11) is 0. The van der Waals surface area contributed by atoms with Crippen molar-refractivity contribution in [3.63, 3.8) is 0 Å². The average molecular weight is 268 g/mol. The lowest BCUT2D eigenvalue weighted by atomic mass is 10.1. The van der Waals surface area contributed by atoms with Crippen molar-refractivity contribution in [3.8, 4) is 0 Å². The molecule has 0 amide bonds. The molecule has 2 aromatic rings. The largest absolute Gasteiger partial charge is 0.250 e. The fourth-order valence-electron chi connectivity index (χ4n) is 1.29. The smallest absolute Gasteiger partial charge is 0.0939 e. The number of benzene rings is 1. The summed E-state index contributed by atoms with van der Waals surface area (Å²) < 4.78 is 0. The van der Waals surface area contributed by atoms with Crippen LogP contribution in [-0.2, 0) is 6.42 Å². The van der Waals surface area contributed by atoms with Crippen LogP contribution in [-0.4, -0.2) is 4.98 Å². The van der Waals surface area contributed by atoms with Crippen LogP contribution in [0.5, 0.6) is 0 Å². The van der Waals surface area contributed by atoms with Crippen LogP contribution in [0.2, 0.25) is 0 Å². The first-order valence-electron chi connectivity index (χ1n) is 4.43. The van der Waals surface area contributed by atoms with Crippen LogP contribution in [0, 0.1) is 0 Å². The Morgan fingerprint density at radius 2 is 2.07 bits per heavy atom. The second-order valence-electron chi connectivity index (χ2n) is 3.01. The third kappa shape index (κ3) is 2.42. The van der Waals surface area contributed by atoms with E-state index in [4.69, 9.17) is 0 Å². The standard InChI is InChI=1S/C11H10BrNS/c12-10(8-11-13-6-7-14-11)9-4-2-1-3-5-9/h1-7,10H,8H2. The number of rotatable bonds is 3. The van der Waals surface area contributed by atoms with Crippen molar-refractivity contribution in [1.82, 2.24) is 4.98 Å². The predicted molar refractivity (Wildman–Crippen MR) is 63.9 cm³/mol. The summed E-state index contributed by atoms with van der Waals surface area (Å²) in [5.74, 6) is 0. The van der Waals surface area contributed by atoms with Crippen molar-refractivity contribution in [2.24, 2.45) is 0 Å². The van der Waals surface area contributed by atoms with Crippen LogP contribution in [0.15, 0.2) is 41.9 Å². The Morgan fingerprint density at radius 3 is 2.71 bits per heavy atom. The van der Waals surface area contributed by atoms with E-state index in [1.165, 1.54) is 10.6 Å². The van der Waals surface area contributed by atoms with Crippen LogP contribution >= 0.6 is 27.3 Å². The van der Waals surface area contributed by atoms with Crippen molar-refractivity contribution in [2.45, 2.75) is 11.2 Å². The molecule has 0 N–H and O–H groups in total. The van der Waals surface area contributed by atoms with E-state index >= 15 is 0 Å². The van der Waals surface area contributed by atoms with Gasteiger partial charge >= 0.3 is 0 Å². The maximum absolute atomic E-state index is 4.27. The van der Waals surface area contributed by atoms with Gasteiger partial charge in [-0.15, -0.1) is 11.3 Å². The van der Waals surface area contributed by atoms with E-state index in [9.17, 15) is 0 Å². The average Bonchev–Trinajstić information content (AvgIpc) is 2.72. The van der Waals surface area contributed by atoms with Crippen molar-refractivity contribution < 1.29 is 0 Å². The third-order valence-corrected chi connectivity index (χ3v) is 3.65. The van der Waals surface area contributed by atoms with Gasteiger partial charge in [0.1, 0.15) is 0 Å². The van der Waals surface area contributed by atoms with Gasteiger partial charge in [-0.3, -0.25) is 0 Å². The molecule has 0 radical (unpaired) electrons. The van der Waals surface area contributed by atoms with Gasteiger partial charge in [-0.2, -0.15) is 0 Å². The van der Waals surface area contributed by atoms with Gasteiger partial charge < -0.3 is 0 Å². The minimum Gasteiger partial charge on any atom is -0.250 e. The van der Waals surface area contributed by atoms with E-state index in [-0.39, 0.29) is 0 Å². The number of nitrogens with zero attached hydrogens (tertiary/aromatic N) is 1.